The maximum absolute atomic E-state index is 5.66. The van der Waals surface area contributed by atoms with Gasteiger partial charge in [0, 0.05) is 25.5 Å². The molecular weight excluding hydrogens is 214 g/mol. The van der Waals surface area contributed by atoms with E-state index >= 15 is 0 Å². The van der Waals surface area contributed by atoms with Crippen molar-refractivity contribution in [1.82, 2.24) is 9.97 Å². The van der Waals surface area contributed by atoms with Crippen LogP contribution in [-0.4, -0.2) is 23.1 Å². The second-order valence-corrected chi connectivity index (χ2v) is 3.81. The van der Waals surface area contributed by atoms with Crippen molar-refractivity contribution in [3.05, 3.63) is 36.7 Å². The highest BCUT2D eigenvalue weighted by atomic mass is 15.3. The number of anilines is 4. The van der Waals surface area contributed by atoms with Gasteiger partial charge >= 0.3 is 0 Å². The molecule has 0 saturated heterocycles. The molecular formula is C12H13N5. The number of benzene rings is 1. The van der Waals surface area contributed by atoms with Crippen molar-refractivity contribution in [2.24, 2.45) is 5.73 Å². The fourth-order valence-electron chi connectivity index (χ4n) is 2.03. The van der Waals surface area contributed by atoms with Gasteiger partial charge < -0.3 is 16.0 Å². The predicted octanol–water partition coefficient (Wildman–Crippen LogP) is 1.63. The third-order valence-electron chi connectivity index (χ3n) is 2.74. The van der Waals surface area contributed by atoms with Gasteiger partial charge in [-0.1, -0.05) is 12.1 Å². The van der Waals surface area contributed by atoms with E-state index in [9.17, 15) is 0 Å². The van der Waals surface area contributed by atoms with E-state index in [2.05, 4.69) is 26.3 Å². The van der Waals surface area contributed by atoms with E-state index in [1.165, 1.54) is 0 Å². The number of nitrogens with zero attached hydrogens (tertiary/aromatic N) is 3. The van der Waals surface area contributed by atoms with E-state index in [0.29, 0.717) is 6.54 Å². The molecule has 3 rings (SSSR count). The lowest BCUT2D eigenvalue weighted by molar-refractivity contribution is 0.895. The van der Waals surface area contributed by atoms with Gasteiger partial charge in [0.2, 0.25) is 0 Å². The number of nitrogens with two attached hydrogens (primary N) is 1. The molecule has 17 heavy (non-hydrogen) atoms. The minimum absolute atomic E-state index is 0.574. The van der Waals surface area contributed by atoms with Crippen LogP contribution in [-0.2, 0) is 0 Å². The van der Waals surface area contributed by atoms with Crippen LogP contribution < -0.4 is 16.0 Å². The Labute approximate surface area is 99.3 Å². The Balaban J connectivity index is 2.13. The summed E-state index contributed by atoms with van der Waals surface area (Å²) < 4.78 is 0. The van der Waals surface area contributed by atoms with E-state index in [1.54, 1.807) is 12.4 Å². The average Bonchev–Trinajstić information content (AvgIpc) is 2.39. The molecule has 5 nitrogen and oxygen atoms in total. The SMILES string of the molecule is NCCN1c2ccccc2Nc2nccnc21. The van der Waals surface area contributed by atoms with Crippen LogP contribution in [0.3, 0.4) is 0 Å². The summed E-state index contributed by atoms with van der Waals surface area (Å²) in [6.45, 7) is 1.30. The molecule has 0 atom stereocenters. The smallest absolute Gasteiger partial charge is 0.176 e. The molecule has 3 N–H and O–H groups in total. The van der Waals surface area contributed by atoms with E-state index in [1.807, 2.05) is 18.2 Å². The summed E-state index contributed by atoms with van der Waals surface area (Å²) in [5.74, 6) is 1.61. The Morgan fingerprint density at radius 2 is 2.00 bits per heavy atom. The van der Waals surface area contributed by atoms with E-state index in [-0.39, 0.29) is 0 Å². The molecule has 0 bridgehead atoms. The second kappa shape index (κ2) is 4.03. The maximum atomic E-state index is 5.66. The highest BCUT2D eigenvalue weighted by Gasteiger charge is 2.23. The molecule has 86 valence electrons. The van der Waals surface area contributed by atoms with Crippen LogP contribution in [0.25, 0.3) is 0 Å². The van der Waals surface area contributed by atoms with Crippen LogP contribution in [0.4, 0.5) is 23.0 Å². The first kappa shape index (κ1) is 10.0. The molecule has 1 aromatic heterocycles. The molecule has 1 aliphatic heterocycles. The number of fused-ring (bicyclic) bond motifs is 2. The number of rotatable bonds is 2. The summed E-state index contributed by atoms with van der Waals surface area (Å²) in [6, 6.07) is 8.07. The van der Waals surface area contributed by atoms with Gasteiger partial charge in [0.05, 0.1) is 11.4 Å². The highest BCUT2D eigenvalue weighted by Crippen LogP contribution is 2.40. The van der Waals surface area contributed by atoms with Gasteiger partial charge in [0.1, 0.15) is 0 Å². The molecule has 0 amide bonds. The standard InChI is InChI=1S/C12H13N5/c13-5-8-17-10-4-2-1-3-9(10)16-11-12(17)15-7-6-14-11/h1-4,6-7H,5,8,13H2,(H,14,16). The molecule has 0 aliphatic carbocycles. The molecule has 0 fully saturated rings. The topological polar surface area (TPSA) is 67.1 Å². The Bertz CT molecular complexity index is 494. The molecule has 5 heteroatoms. The maximum Gasteiger partial charge on any atom is 0.176 e. The quantitative estimate of drug-likeness (QED) is 0.816. The van der Waals surface area contributed by atoms with Crippen molar-refractivity contribution < 1.29 is 0 Å². The average molecular weight is 227 g/mol. The summed E-state index contributed by atoms with van der Waals surface area (Å²) in [6.07, 6.45) is 3.37. The number of hydrogen-bond acceptors (Lipinski definition) is 5. The summed E-state index contributed by atoms with van der Waals surface area (Å²) in [5.41, 5.74) is 7.79. The first-order chi connectivity index (χ1) is 8.40. The molecule has 0 saturated carbocycles. The van der Waals surface area contributed by atoms with Gasteiger partial charge in [-0.2, -0.15) is 0 Å². The largest absolute Gasteiger partial charge is 0.335 e. The third kappa shape index (κ3) is 1.60. The number of aromatic nitrogens is 2. The molecule has 0 unspecified atom stereocenters. The van der Waals surface area contributed by atoms with Crippen LogP contribution in [0.15, 0.2) is 36.7 Å². The van der Waals surface area contributed by atoms with Gasteiger partial charge in [-0.05, 0) is 12.1 Å². The lowest BCUT2D eigenvalue weighted by Crippen LogP contribution is -2.29. The van der Waals surface area contributed by atoms with Gasteiger partial charge in [0.25, 0.3) is 0 Å². The van der Waals surface area contributed by atoms with Gasteiger partial charge in [-0.15, -0.1) is 0 Å². The van der Waals surface area contributed by atoms with Crippen molar-refractivity contribution >= 4 is 23.0 Å². The van der Waals surface area contributed by atoms with Crippen LogP contribution in [0.1, 0.15) is 0 Å². The Hall–Kier alpha value is -2.14. The highest BCUT2D eigenvalue weighted by molar-refractivity contribution is 5.87. The Kier molecular flexibility index (Phi) is 2.38. The second-order valence-electron chi connectivity index (χ2n) is 3.81. The molecule has 2 heterocycles. The normalized spacial score (nSPS) is 12.6. The zero-order valence-corrected chi connectivity index (χ0v) is 9.30. The van der Waals surface area contributed by atoms with Crippen LogP contribution in [0.5, 0.6) is 0 Å². The third-order valence-corrected chi connectivity index (χ3v) is 2.74. The van der Waals surface area contributed by atoms with Gasteiger partial charge in [-0.25, -0.2) is 9.97 Å². The summed E-state index contributed by atoms with van der Waals surface area (Å²) in [5, 5.41) is 3.27. The van der Waals surface area contributed by atoms with Gasteiger partial charge in [-0.3, -0.25) is 0 Å². The first-order valence-electron chi connectivity index (χ1n) is 5.55. The number of nitrogens with one attached hydrogen (secondary N) is 1. The van der Waals surface area contributed by atoms with Crippen LogP contribution in [0.2, 0.25) is 0 Å². The summed E-state index contributed by atoms with van der Waals surface area (Å²) in [7, 11) is 0. The monoisotopic (exact) mass is 227 g/mol. The van der Waals surface area contributed by atoms with E-state index in [0.717, 1.165) is 29.6 Å². The minimum Gasteiger partial charge on any atom is -0.335 e. The zero-order valence-electron chi connectivity index (χ0n) is 9.30. The lowest BCUT2D eigenvalue weighted by Gasteiger charge is -2.31. The molecule has 0 spiro atoms. The number of hydrogen-bond donors (Lipinski definition) is 2. The first-order valence-corrected chi connectivity index (χ1v) is 5.55. The minimum atomic E-state index is 0.574. The van der Waals surface area contributed by atoms with Crippen molar-refractivity contribution in [3.63, 3.8) is 0 Å². The van der Waals surface area contributed by atoms with Crippen LogP contribution in [0, 0.1) is 0 Å². The fourth-order valence-corrected chi connectivity index (χ4v) is 2.03. The predicted molar refractivity (Wildman–Crippen MR) is 67.8 cm³/mol. The van der Waals surface area contributed by atoms with Crippen molar-refractivity contribution in [1.29, 1.82) is 0 Å². The molecule has 0 radical (unpaired) electrons. The molecule has 1 aliphatic rings. The van der Waals surface area contributed by atoms with Gasteiger partial charge in [0.15, 0.2) is 11.6 Å². The summed E-state index contributed by atoms with van der Waals surface area (Å²) >= 11 is 0. The Morgan fingerprint density at radius 3 is 2.88 bits per heavy atom. The Morgan fingerprint density at radius 1 is 1.18 bits per heavy atom. The van der Waals surface area contributed by atoms with Crippen molar-refractivity contribution in [2.75, 3.05) is 23.3 Å². The zero-order chi connectivity index (χ0) is 11.7. The lowest BCUT2D eigenvalue weighted by atomic mass is 10.2. The fraction of sp³-hybridized carbons (Fsp3) is 0.167. The molecule has 1 aromatic carbocycles. The van der Waals surface area contributed by atoms with Crippen molar-refractivity contribution in [2.45, 2.75) is 0 Å². The van der Waals surface area contributed by atoms with Crippen LogP contribution >= 0.6 is 0 Å². The van der Waals surface area contributed by atoms with E-state index < -0.39 is 0 Å². The number of para-hydroxylation sites is 2. The molecule has 2 aromatic rings. The van der Waals surface area contributed by atoms with Crippen molar-refractivity contribution in [3.8, 4) is 0 Å². The van der Waals surface area contributed by atoms with E-state index in [4.69, 9.17) is 5.73 Å². The summed E-state index contributed by atoms with van der Waals surface area (Å²) in [4.78, 5) is 10.7.